The standard InChI is InChI=1S/C25H29FN4O3/c1-18-29(24(27)33)23(32)25(30(18)21-6-3-2-4-7-21)13-16-28(17-14-25)15-5-8-22(31)19-9-11-20(26)12-10-19/h2-4,6-7,9-12,18H,5,8,13-17H2,1H3,(H2,27,33). The Morgan fingerprint density at radius 1 is 1.06 bits per heavy atom. The van der Waals surface area contributed by atoms with Gasteiger partial charge < -0.3 is 15.5 Å². The van der Waals surface area contributed by atoms with Crippen LogP contribution < -0.4 is 10.6 Å². The fourth-order valence-corrected chi connectivity index (χ4v) is 5.15. The normalized spacial score (nSPS) is 20.4. The first-order chi connectivity index (χ1) is 15.8. The van der Waals surface area contributed by atoms with E-state index in [1.54, 1.807) is 0 Å². The summed E-state index contributed by atoms with van der Waals surface area (Å²) < 4.78 is 13.1. The Balaban J connectivity index is 1.41. The minimum atomic E-state index is -0.809. The lowest BCUT2D eigenvalue weighted by Crippen LogP contribution is -2.57. The van der Waals surface area contributed by atoms with Gasteiger partial charge in [-0.1, -0.05) is 18.2 Å². The van der Waals surface area contributed by atoms with Crippen LogP contribution in [0.15, 0.2) is 54.6 Å². The van der Waals surface area contributed by atoms with Crippen LogP contribution in [0.25, 0.3) is 0 Å². The van der Waals surface area contributed by atoms with Crippen LogP contribution in [-0.2, 0) is 4.79 Å². The van der Waals surface area contributed by atoms with Crippen LogP contribution in [0, 0.1) is 5.82 Å². The molecule has 174 valence electrons. The number of nitrogens with zero attached hydrogens (tertiary/aromatic N) is 3. The zero-order valence-corrected chi connectivity index (χ0v) is 18.7. The highest BCUT2D eigenvalue weighted by Crippen LogP contribution is 2.42. The van der Waals surface area contributed by atoms with Crippen molar-refractivity contribution >= 4 is 23.4 Å². The second kappa shape index (κ2) is 9.31. The van der Waals surface area contributed by atoms with E-state index in [-0.39, 0.29) is 17.5 Å². The average Bonchev–Trinajstić information content (AvgIpc) is 3.02. The van der Waals surface area contributed by atoms with Gasteiger partial charge in [0.05, 0.1) is 0 Å². The molecule has 8 heteroatoms. The average molecular weight is 453 g/mol. The number of amides is 3. The molecule has 1 atom stereocenters. The van der Waals surface area contributed by atoms with Crippen LogP contribution in [0.1, 0.15) is 43.0 Å². The number of para-hydroxylation sites is 1. The minimum Gasteiger partial charge on any atom is -0.351 e. The molecule has 33 heavy (non-hydrogen) atoms. The van der Waals surface area contributed by atoms with Crippen molar-refractivity contribution in [1.82, 2.24) is 9.80 Å². The van der Waals surface area contributed by atoms with Gasteiger partial charge in [0.1, 0.15) is 17.5 Å². The van der Waals surface area contributed by atoms with Gasteiger partial charge in [-0.3, -0.25) is 9.59 Å². The van der Waals surface area contributed by atoms with E-state index in [0.717, 1.165) is 12.2 Å². The maximum Gasteiger partial charge on any atom is 0.323 e. The van der Waals surface area contributed by atoms with Crippen LogP contribution in [-0.4, -0.2) is 58.9 Å². The van der Waals surface area contributed by atoms with Gasteiger partial charge in [0.2, 0.25) is 0 Å². The lowest BCUT2D eigenvalue weighted by molar-refractivity contribution is -0.131. The first kappa shape index (κ1) is 22.9. The van der Waals surface area contributed by atoms with Gasteiger partial charge in [0.15, 0.2) is 5.78 Å². The fourth-order valence-electron chi connectivity index (χ4n) is 5.15. The van der Waals surface area contributed by atoms with Crippen molar-refractivity contribution < 1.29 is 18.8 Å². The van der Waals surface area contributed by atoms with E-state index in [1.807, 2.05) is 42.2 Å². The lowest BCUT2D eigenvalue weighted by atomic mass is 9.85. The van der Waals surface area contributed by atoms with E-state index in [2.05, 4.69) is 4.90 Å². The van der Waals surface area contributed by atoms with Gasteiger partial charge in [-0.05, 0) is 69.1 Å². The first-order valence-corrected chi connectivity index (χ1v) is 11.3. The van der Waals surface area contributed by atoms with Crippen molar-refractivity contribution in [2.75, 3.05) is 24.5 Å². The molecule has 2 heterocycles. The number of imide groups is 1. The zero-order valence-electron chi connectivity index (χ0n) is 18.7. The quantitative estimate of drug-likeness (QED) is 0.679. The number of rotatable bonds is 6. The number of likely N-dealkylation sites (tertiary alicyclic amines) is 1. The second-order valence-corrected chi connectivity index (χ2v) is 8.76. The second-order valence-electron chi connectivity index (χ2n) is 8.76. The highest BCUT2D eigenvalue weighted by Gasteiger charge is 2.58. The molecule has 1 unspecified atom stereocenters. The Bertz CT molecular complexity index is 1020. The molecule has 3 amide bonds. The molecule has 0 aliphatic carbocycles. The number of anilines is 1. The number of benzene rings is 2. The molecule has 2 aromatic carbocycles. The molecule has 2 aromatic rings. The van der Waals surface area contributed by atoms with Crippen molar-refractivity contribution in [2.24, 2.45) is 5.73 Å². The molecule has 0 saturated carbocycles. The van der Waals surface area contributed by atoms with E-state index in [4.69, 9.17) is 5.73 Å². The van der Waals surface area contributed by atoms with Gasteiger partial charge >= 0.3 is 6.03 Å². The molecule has 2 fully saturated rings. The van der Waals surface area contributed by atoms with Crippen LogP contribution in [0.5, 0.6) is 0 Å². The molecule has 2 N–H and O–H groups in total. The number of urea groups is 1. The number of hydrogen-bond acceptors (Lipinski definition) is 5. The largest absolute Gasteiger partial charge is 0.351 e. The summed E-state index contributed by atoms with van der Waals surface area (Å²) in [4.78, 5) is 43.3. The van der Waals surface area contributed by atoms with Crippen molar-refractivity contribution in [3.63, 3.8) is 0 Å². The highest BCUT2D eigenvalue weighted by molar-refractivity contribution is 6.04. The molecule has 2 aliphatic heterocycles. The van der Waals surface area contributed by atoms with E-state index in [9.17, 15) is 18.8 Å². The lowest BCUT2D eigenvalue weighted by Gasteiger charge is -2.44. The molecule has 7 nitrogen and oxygen atoms in total. The van der Waals surface area contributed by atoms with Gasteiger partial charge in [-0.25, -0.2) is 14.1 Å². The van der Waals surface area contributed by atoms with E-state index >= 15 is 0 Å². The number of carbonyl (C=O) groups excluding carboxylic acids is 3. The number of halogens is 1. The van der Waals surface area contributed by atoms with Crippen molar-refractivity contribution in [1.29, 1.82) is 0 Å². The maximum atomic E-state index is 13.4. The zero-order chi connectivity index (χ0) is 23.6. The smallest absolute Gasteiger partial charge is 0.323 e. The van der Waals surface area contributed by atoms with Gasteiger partial charge in [0.25, 0.3) is 5.91 Å². The number of primary amides is 1. The maximum absolute atomic E-state index is 13.4. The van der Waals surface area contributed by atoms with E-state index in [0.29, 0.717) is 44.3 Å². The number of Topliss-reactive ketones (excluding diaryl/α,β-unsaturated/α-hetero) is 1. The molecule has 0 radical (unpaired) electrons. The monoisotopic (exact) mass is 452 g/mol. The summed E-state index contributed by atoms with van der Waals surface area (Å²) in [5.41, 5.74) is 6.16. The summed E-state index contributed by atoms with van der Waals surface area (Å²) >= 11 is 0. The number of hydrogen-bond donors (Lipinski definition) is 1. The molecule has 4 rings (SSSR count). The summed E-state index contributed by atoms with van der Waals surface area (Å²) in [6.07, 6.45) is 1.75. The SMILES string of the molecule is CC1N(C(N)=O)C(=O)C2(CCN(CCCC(=O)c3ccc(F)cc3)CC2)N1c1ccccc1. The molecule has 2 saturated heterocycles. The number of ketones is 1. The predicted octanol–water partition coefficient (Wildman–Crippen LogP) is 3.40. The summed E-state index contributed by atoms with van der Waals surface area (Å²) in [6.45, 7) is 3.92. The molecular formula is C25H29FN4O3. The Hall–Kier alpha value is -3.26. The van der Waals surface area contributed by atoms with E-state index in [1.165, 1.54) is 29.2 Å². The fraction of sp³-hybridized carbons (Fsp3) is 0.400. The third-order valence-electron chi connectivity index (χ3n) is 6.82. The molecular weight excluding hydrogens is 423 g/mol. The first-order valence-electron chi connectivity index (χ1n) is 11.3. The van der Waals surface area contributed by atoms with Crippen molar-refractivity contribution in [3.05, 3.63) is 66.0 Å². The van der Waals surface area contributed by atoms with E-state index < -0.39 is 17.7 Å². The van der Waals surface area contributed by atoms with Crippen LogP contribution in [0.4, 0.5) is 14.9 Å². The van der Waals surface area contributed by atoms with Gasteiger partial charge in [-0.2, -0.15) is 0 Å². The molecule has 2 aliphatic rings. The third-order valence-corrected chi connectivity index (χ3v) is 6.82. The summed E-state index contributed by atoms with van der Waals surface area (Å²) in [5, 5.41) is 0. The molecule has 0 aromatic heterocycles. The summed E-state index contributed by atoms with van der Waals surface area (Å²) in [6, 6.07) is 14.5. The van der Waals surface area contributed by atoms with Gasteiger partial charge in [-0.15, -0.1) is 0 Å². The Labute approximate surface area is 192 Å². The minimum absolute atomic E-state index is 0.00405. The number of piperidine rings is 1. The Morgan fingerprint density at radius 3 is 2.30 bits per heavy atom. The molecule has 0 bridgehead atoms. The highest BCUT2D eigenvalue weighted by atomic mass is 19.1. The Morgan fingerprint density at radius 2 is 1.70 bits per heavy atom. The summed E-state index contributed by atoms with van der Waals surface area (Å²) in [5.74, 6) is -0.600. The number of carbonyl (C=O) groups is 3. The van der Waals surface area contributed by atoms with Crippen molar-refractivity contribution in [3.8, 4) is 0 Å². The van der Waals surface area contributed by atoms with Crippen LogP contribution in [0.3, 0.4) is 0 Å². The van der Waals surface area contributed by atoms with Crippen molar-refractivity contribution in [2.45, 2.75) is 44.3 Å². The Kier molecular flexibility index (Phi) is 6.47. The summed E-state index contributed by atoms with van der Waals surface area (Å²) in [7, 11) is 0. The van der Waals surface area contributed by atoms with Crippen LogP contribution in [0.2, 0.25) is 0 Å². The predicted molar refractivity (Wildman–Crippen MR) is 123 cm³/mol. The van der Waals surface area contributed by atoms with Gasteiger partial charge in [0, 0.05) is 30.8 Å². The van der Waals surface area contributed by atoms with Crippen LogP contribution >= 0.6 is 0 Å². The third kappa shape index (κ3) is 4.35. The topological polar surface area (TPSA) is 87.0 Å². The number of nitrogens with two attached hydrogens (primary N) is 1. The molecule has 1 spiro atoms.